The van der Waals surface area contributed by atoms with Gasteiger partial charge in [0.1, 0.15) is 18.0 Å². The summed E-state index contributed by atoms with van der Waals surface area (Å²) in [6.45, 7) is 5.43. The number of phenols is 1. The van der Waals surface area contributed by atoms with Gasteiger partial charge >= 0.3 is 0 Å². The summed E-state index contributed by atoms with van der Waals surface area (Å²) >= 11 is 0. The predicted octanol–water partition coefficient (Wildman–Crippen LogP) is 3.81. The van der Waals surface area contributed by atoms with E-state index in [0.717, 1.165) is 50.4 Å². The van der Waals surface area contributed by atoms with Gasteiger partial charge in [0.25, 0.3) is 0 Å². The highest BCUT2D eigenvalue weighted by atomic mass is 16.6. The molecule has 2 unspecified atom stereocenters. The van der Waals surface area contributed by atoms with Crippen LogP contribution in [0.2, 0.25) is 0 Å². The maximum absolute atomic E-state index is 9.86. The average molecular weight is 342 g/mol. The number of aromatic hydroxyl groups is 1. The summed E-state index contributed by atoms with van der Waals surface area (Å²) in [7, 11) is 0. The second-order valence-corrected chi connectivity index (χ2v) is 6.37. The van der Waals surface area contributed by atoms with Gasteiger partial charge < -0.3 is 19.3 Å². The molecule has 2 aliphatic rings. The number of hydrogen-bond acceptors (Lipinski definition) is 4. The summed E-state index contributed by atoms with van der Waals surface area (Å²) in [6, 6.07) is 15.8. The molecular formula is C21H26O4. The lowest BCUT2D eigenvalue weighted by Crippen LogP contribution is -2.06. The zero-order valence-corrected chi connectivity index (χ0v) is 14.7. The van der Waals surface area contributed by atoms with Gasteiger partial charge in [-0.3, -0.25) is 0 Å². The number of epoxide rings is 2. The van der Waals surface area contributed by atoms with Gasteiger partial charge in [-0.2, -0.15) is 0 Å². The largest absolute Gasteiger partial charge is 0.507 e. The lowest BCUT2D eigenvalue weighted by Gasteiger charge is -2.10. The number of hydrogen-bond donors (Lipinski definition) is 1. The van der Waals surface area contributed by atoms with Crippen LogP contribution in [-0.4, -0.2) is 43.7 Å². The molecule has 0 radical (unpaired) electrons. The maximum atomic E-state index is 9.86. The van der Waals surface area contributed by atoms with Gasteiger partial charge in [0, 0.05) is 5.56 Å². The van der Waals surface area contributed by atoms with Crippen LogP contribution in [0.1, 0.15) is 18.9 Å². The van der Waals surface area contributed by atoms with E-state index in [4.69, 9.17) is 14.2 Å². The van der Waals surface area contributed by atoms with E-state index in [9.17, 15) is 5.11 Å². The van der Waals surface area contributed by atoms with Gasteiger partial charge in [-0.1, -0.05) is 55.8 Å². The molecule has 0 aromatic heterocycles. The van der Waals surface area contributed by atoms with E-state index in [1.165, 1.54) is 5.56 Å². The molecule has 4 rings (SSSR count). The first-order chi connectivity index (χ1) is 12.3. The van der Waals surface area contributed by atoms with E-state index < -0.39 is 0 Å². The SMILES string of the molecule is C(OCC1CO1)C1CO1.CCCc1ccccc1-c1ccccc1O. The summed E-state index contributed by atoms with van der Waals surface area (Å²) < 4.78 is 15.1. The topological polar surface area (TPSA) is 54.5 Å². The Kier molecular flexibility index (Phi) is 6.45. The fourth-order valence-electron chi connectivity index (χ4n) is 2.63. The van der Waals surface area contributed by atoms with Crippen LogP contribution in [0.4, 0.5) is 0 Å². The lowest BCUT2D eigenvalue weighted by atomic mass is 9.96. The zero-order chi connectivity index (χ0) is 17.5. The van der Waals surface area contributed by atoms with Crippen LogP contribution in [0.25, 0.3) is 11.1 Å². The normalized spacial score (nSPS) is 20.5. The van der Waals surface area contributed by atoms with Crippen LogP contribution in [-0.2, 0) is 20.6 Å². The molecule has 2 aromatic rings. The van der Waals surface area contributed by atoms with Crippen molar-refractivity contribution in [3.8, 4) is 16.9 Å². The first-order valence-corrected chi connectivity index (χ1v) is 8.95. The van der Waals surface area contributed by atoms with Crippen molar-refractivity contribution in [3.05, 3.63) is 54.1 Å². The maximum Gasteiger partial charge on any atom is 0.123 e. The molecule has 2 saturated heterocycles. The van der Waals surface area contributed by atoms with Crippen LogP contribution in [0.15, 0.2) is 48.5 Å². The van der Waals surface area contributed by atoms with E-state index in [-0.39, 0.29) is 0 Å². The summed E-state index contributed by atoms with van der Waals surface area (Å²) in [5.41, 5.74) is 3.36. The van der Waals surface area contributed by atoms with Crippen LogP contribution >= 0.6 is 0 Å². The van der Waals surface area contributed by atoms with Crippen LogP contribution in [0.3, 0.4) is 0 Å². The quantitative estimate of drug-likeness (QED) is 0.778. The fraction of sp³-hybridized carbons (Fsp3) is 0.429. The molecule has 25 heavy (non-hydrogen) atoms. The Bertz CT molecular complexity index is 650. The van der Waals surface area contributed by atoms with Crippen LogP contribution in [0.5, 0.6) is 5.75 Å². The third-order valence-electron chi connectivity index (χ3n) is 4.14. The standard InChI is InChI=1S/C15H16O.C6H10O3/c1-2-7-12-8-3-4-9-13(12)14-10-5-6-11-15(14)16;1(5-3-8-5)7-2-6-4-9-6/h3-6,8-11,16H,2,7H2,1H3;5-6H,1-4H2. The van der Waals surface area contributed by atoms with Crippen molar-refractivity contribution in [2.75, 3.05) is 26.4 Å². The molecule has 2 aliphatic heterocycles. The molecule has 0 aliphatic carbocycles. The van der Waals surface area contributed by atoms with Crippen molar-refractivity contribution in [1.82, 2.24) is 0 Å². The smallest absolute Gasteiger partial charge is 0.123 e. The molecule has 2 atom stereocenters. The monoisotopic (exact) mass is 342 g/mol. The Morgan fingerprint density at radius 1 is 0.920 bits per heavy atom. The van der Waals surface area contributed by atoms with Crippen molar-refractivity contribution >= 4 is 0 Å². The number of para-hydroxylation sites is 1. The highest BCUT2D eigenvalue weighted by Crippen LogP contribution is 2.31. The van der Waals surface area contributed by atoms with E-state index in [1.807, 2.05) is 24.3 Å². The lowest BCUT2D eigenvalue weighted by molar-refractivity contribution is 0.102. The fourth-order valence-corrected chi connectivity index (χ4v) is 2.63. The molecule has 2 heterocycles. The molecule has 4 nitrogen and oxygen atoms in total. The highest BCUT2D eigenvalue weighted by molar-refractivity contribution is 5.72. The van der Waals surface area contributed by atoms with Gasteiger partial charge in [-0.25, -0.2) is 0 Å². The van der Waals surface area contributed by atoms with Gasteiger partial charge in [-0.05, 0) is 23.6 Å². The Morgan fingerprint density at radius 3 is 2.04 bits per heavy atom. The summed E-state index contributed by atoms with van der Waals surface area (Å²) in [6.07, 6.45) is 2.95. The molecule has 0 bridgehead atoms. The number of rotatable bonds is 7. The van der Waals surface area contributed by atoms with Gasteiger partial charge in [0.05, 0.1) is 26.4 Å². The molecule has 4 heteroatoms. The Hall–Kier alpha value is -1.88. The Morgan fingerprint density at radius 2 is 1.48 bits per heavy atom. The van der Waals surface area contributed by atoms with Gasteiger partial charge in [0.2, 0.25) is 0 Å². The van der Waals surface area contributed by atoms with Gasteiger partial charge in [-0.15, -0.1) is 0 Å². The average Bonchev–Trinajstić information content (AvgIpc) is 3.53. The zero-order valence-electron chi connectivity index (χ0n) is 14.7. The van der Waals surface area contributed by atoms with Crippen molar-refractivity contribution < 1.29 is 19.3 Å². The molecule has 0 spiro atoms. The number of aryl methyl sites for hydroxylation is 1. The van der Waals surface area contributed by atoms with E-state index in [2.05, 4.69) is 25.1 Å². The van der Waals surface area contributed by atoms with E-state index in [0.29, 0.717) is 18.0 Å². The van der Waals surface area contributed by atoms with Crippen molar-refractivity contribution in [3.63, 3.8) is 0 Å². The number of phenolic OH excluding ortho intramolecular Hbond substituents is 1. The highest BCUT2D eigenvalue weighted by Gasteiger charge is 2.26. The van der Waals surface area contributed by atoms with Crippen molar-refractivity contribution in [2.24, 2.45) is 0 Å². The third-order valence-corrected chi connectivity index (χ3v) is 4.14. The molecule has 2 fully saturated rings. The molecule has 0 saturated carbocycles. The summed E-state index contributed by atoms with van der Waals surface area (Å²) in [5, 5.41) is 9.86. The van der Waals surface area contributed by atoms with E-state index >= 15 is 0 Å². The molecule has 0 amide bonds. The summed E-state index contributed by atoms with van der Waals surface area (Å²) in [5.74, 6) is 0.353. The molecule has 1 N–H and O–H groups in total. The van der Waals surface area contributed by atoms with Crippen LogP contribution in [0, 0.1) is 0 Å². The minimum atomic E-state index is 0.353. The molecule has 134 valence electrons. The van der Waals surface area contributed by atoms with Crippen molar-refractivity contribution in [1.29, 1.82) is 0 Å². The minimum Gasteiger partial charge on any atom is -0.507 e. The molecular weight excluding hydrogens is 316 g/mol. The van der Waals surface area contributed by atoms with E-state index in [1.54, 1.807) is 6.07 Å². The Balaban J connectivity index is 0.000000170. The second-order valence-electron chi connectivity index (χ2n) is 6.37. The Labute approximate surface area is 149 Å². The van der Waals surface area contributed by atoms with Gasteiger partial charge in [0.15, 0.2) is 0 Å². The predicted molar refractivity (Wildman–Crippen MR) is 97.8 cm³/mol. The number of benzene rings is 2. The minimum absolute atomic E-state index is 0.353. The number of ether oxygens (including phenoxy) is 3. The van der Waals surface area contributed by atoms with Crippen LogP contribution < -0.4 is 0 Å². The first kappa shape index (κ1) is 17.9. The first-order valence-electron chi connectivity index (χ1n) is 8.95. The third kappa shape index (κ3) is 5.85. The van der Waals surface area contributed by atoms with Crippen molar-refractivity contribution in [2.45, 2.75) is 32.0 Å². The second kappa shape index (κ2) is 8.99. The molecule has 2 aromatic carbocycles. The summed E-state index contributed by atoms with van der Waals surface area (Å²) in [4.78, 5) is 0.